The first-order valence-electron chi connectivity index (χ1n) is 42.5. The maximum absolute atomic E-state index is 15.5. The first-order valence-corrected chi connectivity index (χ1v) is 42.5. The second-order valence-electron chi connectivity index (χ2n) is 28.2. The van der Waals surface area contributed by atoms with Crippen molar-refractivity contribution < 1.29 is 38.2 Å². The third-order valence-corrected chi connectivity index (χ3v) is 18.7. The molecule has 1 atom stereocenters. The van der Waals surface area contributed by atoms with E-state index in [0.717, 1.165) is 231 Å². The zero-order valence-corrected chi connectivity index (χ0v) is 66.3. The van der Waals surface area contributed by atoms with Gasteiger partial charge in [0, 0.05) is 32.1 Å². The molecule has 0 aromatic carbocycles. The molecule has 0 aromatic heterocycles. The molecule has 1 unspecified atom stereocenters. The van der Waals surface area contributed by atoms with Crippen molar-refractivity contribution in [1.82, 2.24) is 0 Å². The van der Waals surface area contributed by atoms with E-state index in [9.17, 15) is 14.4 Å². The van der Waals surface area contributed by atoms with Crippen LogP contribution in [0.5, 0.6) is 0 Å². The molecule has 8 nitrogen and oxygen atoms in total. The maximum Gasteiger partial charge on any atom is 0.307 e. The van der Waals surface area contributed by atoms with E-state index in [2.05, 4.69) is 168 Å². The van der Waals surface area contributed by atoms with Crippen LogP contribution in [-0.2, 0) is 38.2 Å². The summed E-state index contributed by atoms with van der Waals surface area (Å²) in [5, 5.41) is 0. The van der Waals surface area contributed by atoms with Gasteiger partial charge in [0.1, 0.15) is 6.61 Å². The van der Waals surface area contributed by atoms with Crippen molar-refractivity contribution in [3.8, 4) is 0 Å². The summed E-state index contributed by atoms with van der Waals surface area (Å²) >= 11 is 0. The van der Waals surface area contributed by atoms with Gasteiger partial charge in [-0.15, -0.1) is 0 Å². The van der Waals surface area contributed by atoms with E-state index < -0.39 is 47.8 Å². The Morgan fingerprint density at radius 1 is 0.248 bits per heavy atom. The molecule has 0 fully saturated rings. The summed E-state index contributed by atoms with van der Waals surface area (Å²) in [7, 11) is 0. The Morgan fingerprint density at radius 3 is 0.772 bits per heavy atom. The molecule has 0 amide bonds. The first kappa shape index (κ1) is 95.9. The molecule has 0 saturated heterocycles. The largest absolute Gasteiger partial charge is 0.462 e. The molecule has 0 N–H and O–H groups in total. The third kappa shape index (κ3) is 65.4. The average Bonchev–Trinajstić information content (AvgIpc) is 0.774. The van der Waals surface area contributed by atoms with Crippen LogP contribution in [0, 0.1) is 0 Å². The Bertz CT molecular complexity index is 2200. The van der Waals surface area contributed by atoms with Gasteiger partial charge in [0.05, 0.1) is 0 Å². The molecular formula is C93H156O8. The van der Waals surface area contributed by atoms with Crippen molar-refractivity contribution in [1.29, 1.82) is 0 Å². The van der Waals surface area contributed by atoms with Crippen molar-refractivity contribution in [3.05, 3.63) is 134 Å². The smallest absolute Gasteiger partial charge is 0.307 e. The van der Waals surface area contributed by atoms with Crippen LogP contribution in [0.1, 0.15) is 407 Å². The number of Topliss-reactive ketones (excluding diaryl/α,β-unsaturated/α-hetero) is 2. The second-order valence-corrected chi connectivity index (χ2v) is 28.2. The summed E-state index contributed by atoms with van der Waals surface area (Å²) in [6.45, 7) is 10.4. The monoisotopic (exact) mass is 1400 g/mol. The van der Waals surface area contributed by atoms with Gasteiger partial charge in [0.25, 0.3) is 5.60 Å². The Hall–Kier alpha value is -5.11. The molecule has 0 aliphatic heterocycles. The lowest BCUT2D eigenvalue weighted by molar-refractivity contribution is -0.199. The topological polar surface area (TPSA) is 113 Å². The molecular weight excluding hydrogens is 1250 g/mol. The fraction of sp³-hybridized carbons (Fsp3) is 0.710. The number of allylic oxidation sites excluding steroid dienone is 22. The van der Waals surface area contributed by atoms with Gasteiger partial charge in [-0.1, -0.05) is 329 Å². The van der Waals surface area contributed by atoms with Crippen molar-refractivity contribution in [2.45, 2.75) is 419 Å². The van der Waals surface area contributed by atoms with Gasteiger partial charge in [0.15, 0.2) is 17.7 Å². The lowest BCUT2D eigenvalue weighted by atomic mass is 9.81. The standard InChI is InChI=1S/C93H156O8/c1-6-11-16-21-26-31-36-41-46-51-56-61-66-71-76-81-87(94)93(88(95)82-77-72-67-62-57-52-47-42-37-32-27-22-17-12-7-2,101-92(98)85-80-75-70-65-60-55-50-45-40-35-30-25-20-15-10-5)89(100-91(97)84-79-74-69-64-59-54-49-44-39-34-29-24-19-14-9-4)86-99-90(96)83-78-73-68-63-58-53-48-43-38-33-28-23-18-13-8-3/h13-15,18-20,28-30,33-35,41-50,89H,6-12,16-17,21-27,31-32,36-40,51-86H2,1-5H3. The minimum absolute atomic E-state index is 0.0118. The number of ketones is 2. The number of ether oxygens (including phenoxy) is 3. The lowest BCUT2D eigenvalue weighted by Crippen LogP contribution is -2.61. The van der Waals surface area contributed by atoms with Gasteiger partial charge in [-0.05, 0) is 180 Å². The summed E-state index contributed by atoms with van der Waals surface area (Å²) in [5.41, 5.74) is -2.45. The van der Waals surface area contributed by atoms with Crippen molar-refractivity contribution in [2.24, 2.45) is 0 Å². The number of carbonyl (C=O) groups is 5. The number of rotatable bonds is 76. The summed E-state index contributed by atoms with van der Waals surface area (Å²) in [5.74, 6) is -2.87. The van der Waals surface area contributed by atoms with Crippen molar-refractivity contribution in [2.75, 3.05) is 6.61 Å². The van der Waals surface area contributed by atoms with Crippen LogP contribution in [0.4, 0.5) is 0 Å². The fourth-order valence-electron chi connectivity index (χ4n) is 12.4. The van der Waals surface area contributed by atoms with Gasteiger partial charge in [-0.3, -0.25) is 24.0 Å². The normalized spacial score (nSPS) is 13.4. The van der Waals surface area contributed by atoms with Crippen LogP contribution < -0.4 is 0 Å². The molecule has 8 heteroatoms. The van der Waals surface area contributed by atoms with E-state index in [-0.39, 0.29) is 32.1 Å². The Morgan fingerprint density at radius 2 is 0.475 bits per heavy atom. The van der Waals surface area contributed by atoms with Crippen LogP contribution >= 0.6 is 0 Å². The van der Waals surface area contributed by atoms with E-state index in [1.165, 1.54) is 77.0 Å². The quantitative estimate of drug-likeness (QED) is 0.0195. The summed E-state index contributed by atoms with van der Waals surface area (Å²) in [6.07, 6.45) is 101. The molecule has 0 aromatic rings. The summed E-state index contributed by atoms with van der Waals surface area (Å²) in [4.78, 5) is 73.6. The first-order chi connectivity index (χ1) is 49.7. The zero-order valence-electron chi connectivity index (χ0n) is 66.3. The Balaban J connectivity index is 6.74. The molecule has 0 radical (unpaired) electrons. The molecule has 0 heterocycles. The van der Waals surface area contributed by atoms with E-state index in [4.69, 9.17) is 14.2 Å². The molecule has 0 spiro atoms. The third-order valence-electron chi connectivity index (χ3n) is 18.7. The Labute approximate surface area is 623 Å². The Kier molecular flexibility index (Phi) is 75.0. The minimum Gasteiger partial charge on any atom is -0.462 e. The highest BCUT2D eigenvalue weighted by atomic mass is 16.6. The van der Waals surface area contributed by atoms with Gasteiger partial charge in [-0.2, -0.15) is 0 Å². The van der Waals surface area contributed by atoms with Crippen molar-refractivity contribution in [3.63, 3.8) is 0 Å². The van der Waals surface area contributed by atoms with Crippen LogP contribution in [0.25, 0.3) is 0 Å². The molecule has 101 heavy (non-hydrogen) atoms. The summed E-state index contributed by atoms with van der Waals surface area (Å²) in [6, 6.07) is 0. The number of unbranched alkanes of at least 4 members (excludes halogenated alkanes) is 37. The highest BCUT2D eigenvalue weighted by Gasteiger charge is 2.57. The SMILES string of the molecule is CCC=CCC=CCC=CCCCCCCCC(=O)OCC(OC(=O)CCCCCCCC=CCC=CCC=CCC)C(OC(=O)CCCCCCCC=CCC=CCC=CCC)(C(=O)CCCCCCCC=CCCCCCCCC)C(=O)CCCCCCCC=CCCCCCCCC. The molecule has 576 valence electrons. The highest BCUT2D eigenvalue weighted by molar-refractivity contribution is 6.12. The zero-order chi connectivity index (χ0) is 73.4. The van der Waals surface area contributed by atoms with Crippen LogP contribution in [0.2, 0.25) is 0 Å². The number of hydrogen-bond acceptors (Lipinski definition) is 8. The average molecular weight is 1400 g/mol. The van der Waals surface area contributed by atoms with E-state index in [1.54, 1.807) is 0 Å². The van der Waals surface area contributed by atoms with Crippen LogP contribution in [-0.4, -0.2) is 47.8 Å². The predicted octanol–water partition coefficient (Wildman–Crippen LogP) is 28.7. The minimum atomic E-state index is -2.45. The number of esters is 3. The van der Waals surface area contributed by atoms with E-state index >= 15 is 9.59 Å². The lowest BCUT2D eigenvalue weighted by Gasteiger charge is -2.37. The van der Waals surface area contributed by atoms with Gasteiger partial charge in [0.2, 0.25) is 0 Å². The van der Waals surface area contributed by atoms with E-state index in [0.29, 0.717) is 32.1 Å². The number of carbonyl (C=O) groups excluding carboxylic acids is 5. The molecule has 0 saturated carbocycles. The van der Waals surface area contributed by atoms with Gasteiger partial charge < -0.3 is 14.2 Å². The highest BCUT2D eigenvalue weighted by Crippen LogP contribution is 2.31. The van der Waals surface area contributed by atoms with Crippen molar-refractivity contribution >= 4 is 29.5 Å². The van der Waals surface area contributed by atoms with E-state index in [1.807, 2.05) is 0 Å². The summed E-state index contributed by atoms with van der Waals surface area (Å²) < 4.78 is 18.9. The molecule has 0 bridgehead atoms. The van der Waals surface area contributed by atoms with Crippen LogP contribution in [0.3, 0.4) is 0 Å². The molecule has 0 rings (SSSR count). The molecule has 0 aliphatic carbocycles. The van der Waals surface area contributed by atoms with Crippen LogP contribution in [0.15, 0.2) is 134 Å². The maximum atomic E-state index is 15.5. The fourth-order valence-corrected chi connectivity index (χ4v) is 12.4. The number of hydrogen-bond donors (Lipinski definition) is 0. The molecule has 0 aliphatic rings. The van der Waals surface area contributed by atoms with Gasteiger partial charge >= 0.3 is 17.9 Å². The van der Waals surface area contributed by atoms with Gasteiger partial charge in [-0.25, -0.2) is 0 Å². The predicted molar refractivity (Wildman–Crippen MR) is 436 cm³/mol. The second kappa shape index (κ2) is 79.0.